The molecule has 0 radical (unpaired) electrons. The van der Waals surface area contributed by atoms with Crippen molar-refractivity contribution in [2.24, 2.45) is 0 Å². The molecule has 1 heterocycles. The minimum absolute atomic E-state index is 0.0480. The van der Waals surface area contributed by atoms with Crippen molar-refractivity contribution in [2.75, 3.05) is 31.2 Å². The van der Waals surface area contributed by atoms with Crippen molar-refractivity contribution in [1.29, 1.82) is 0 Å². The number of anilines is 2. The Hall–Kier alpha value is -3.36. The summed E-state index contributed by atoms with van der Waals surface area (Å²) in [5, 5.41) is 1.02. The topological polar surface area (TPSA) is 97.4 Å². The molecule has 0 aliphatic carbocycles. The van der Waals surface area contributed by atoms with Crippen molar-refractivity contribution < 1.29 is 22.7 Å². The van der Waals surface area contributed by atoms with Gasteiger partial charge in [0.25, 0.3) is 0 Å². The van der Waals surface area contributed by atoms with E-state index in [0.29, 0.717) is 18.5 Å². The molecule has 2 aromatic carbocycles. The van der Waals surface area contributed by atoms with Crippen molar-refractivity contribution in [2.45, 2.75) is 19.0 Å². The maximum absolute atomic E-state index is 13.0. The molecule has 6 nitrogen and oxygen atoms in total. The quantitative estimate of drug-likeness (QED) is 0.484. The number of hydrogen-bond donors (Lipinski definition) is 3. The first-order valence-electron chi connectivity index (χ1n) is 9.45. The van der Waals surface area contributed by atoms with Gasteiger partial charge in [-0.2, -0.15) is 13.2 Å². The van der Waals surface area contributed by atoms with Gasteiger partial charge in [0.2, 0.25) is 0 Å². The largest absolute Gasteiger partial charge is 0.490 e. The van der Waals surface area contributed by atoms with E-state index in [2.05, 4.69) is 4.98 Å². The number of amides is 1. The number of rotatable bonds is 8. The number of H-pyrrole nitrogens is 1. The van der Waals surface area contributed by atoms with E-state index in [1.165, 1.54) is 0 Å². The standard InChI is InChI=1S/C21H23F3N4O2/c22-21(23,24)20(29)28(11-12-30-18-9-3-7-16(25)19(18)26)10-4-5-14-13-27-17-8-2-1-6-15(14)17/h1-3,6-9,13,27H,4-5,10-12,25-26H2. The zero-order valence-electron chi connectivity index (χ0n) is 16.2. The summed E-state index contributed by atoms with van der Waals surface area (Å²) in [5.74, 6) is -1.61. The number of aromatic amines is 1. The van der Waals surface area contributed by atoms with Crippen molar-refractivity contribution in [1.82, 2.24) is 9.88 Å². The highest BCUT2D eigenvalue weighted by atomic mass is 19.4. The maximum atomic E-state index is 13.0. The number of para-hydroxylation sites is 2. The van der Waals surface area contributed by atoms with E-state index >= 15 is 0 Å². The average molecular weight is 420 g/mol. The molecule has 3 rings (SSSR count). The first-order chi connectivity index (χ1) is 14.3. The Morgan fingerprint density at radius 2 is 1.83 bits per heavy atom. The van der Waals surface area contributed by atoms with Gasteiger partial charge in [-0.25, -0.2) is 0 Å². The maximum Gasteiger partial charge on any atom is 0.471 e. The van der Waals surface area contributed by atoms with E-state index < -0.39 is 12.1 Å². The lowest BCUT2D eigenvalue weighted by Gasteiger charge is -2.24. The Bertz CT molecular complexity index is 1020. The van der Waals surface area contributed by atoms with Gasteiger partial charge in [-0.3, -0.25) is 4.79 Å². The van der Waals surface area contributed by atoms with E-state index in [4.69, 9.17) is 16.2 Å². The molecule has 0 fully saturated rings. The number of carbonyl (C=O) groups is 1. The summed E-state index contributed by atoms with van der Waals surface area (Å²) in [5.41, 5.74) is 14.0. The summed E-state index contributed by atoms with van der Waals surface area (Å²) in [6.07, 6.45) is -2.19. The molecular weight excluding hydrogens is 397 g/mol. The molecule has 0 saturated heterocycles. The van der Waals surface area contributed by atoms with Crippen LogP contribution in [0.15, 0.2) is 48.7 Å². The summed E-state index contributed by atoms with van der Waals surface area (Å²) >= 11 is 0. The van der Waals surface area contributed by atoms with Crippen LogP contribution in [0.25, 0.3) is 10.9 Å². The van der Waals surface area contributed by atoms with Gasteiger partial charge in [-0.15, -0.1) is 0 Å². The molecule has 0 atom stereocenters. The van der Waals surface area contributed by atoms with Crippen LogP contribution < -0.4 is 16.2 Å². The number of nitrogen functional groups attached to an aromatic ring is 2. The van der Waals surface area contributed by atoms with E-state index in [0.717, 1.165) is 21.4 Å². The Morgan fingerprint density at radius 3 is 2.60 bits per heavy atom. The fraction of sp³-hybridized carbons (Fsp3) is 0.286. The molecule has 3 aromatic rings. The highest BCUT2D eigenvalue weighted by Crippen LogP contribution is 2.27. The third kappa shape index (κ3) is 4.97. The number of nitrogens with two attached hydrogens (primary N) is 2. The van der Waals surface area contributed by atoms with E-state index in [-0.39, 0.29) is 31.1 Å². The molecule has 5 N–H and O–H groups in total. The van der Waals surface area contributed by atoms with Crippen molar-refractivity contribution in [3.63, 3.8) is 0 Å². The predicted molar refractivity (Wildman–Crippen MR) is 110 cm³/mol. The van der Waals surface area contributed by atoms with Gasteiger partial charge in [0.1, 0.15) is 12.4 Å². The van der Waals surface area contributed by atoms with Crippen LogP contribution in [0.3, 0.4) is 0 Å². The molecule has 9 heteroatoms. The number of nitrogens with zero attached hydrogens (tertiary/aromatic N) is 1. The molecule has 30 heavy (non-hydrogen) atoms. The predicted octanol–water partition coefficient (Wildman–Crippen LogP) is 3.73. The Kier molecular flexibility index (Phi) is 6.39. The number of aryl methyl sites for hydroxylation is 1. The van der Waals surface area contributed by atoms with Gasteiger partial charge in [-0.05, 0) is 36.6 Å². The molecular formula is C21H23F3N4O2. The van der Waals surface area contributed by atoms with Gasteiger partial charge in [-0.1, -0.05) is 24.3 Å². The molecule has 1 aromatic heterocycles. The van der Waals surface area contributed by atoms with Crippen molar-refractivity contribution in [3.8, 4) is 5.75 Å². The Balaban J connectivity index is 1.60. The monoisotopic (exact) mass is 420 g/mol. The number of hydrogen-bond acceptors (Lipinski definition) is 4. The van der Waals surface area contributed by atoms with Crippen LogP contribution in [0.2, 0.25) is 0 Å². The SMILES string of the molecule is Nc1cccc(OCCN(CCCc2c[nH]c3ccccc23)C(=O)C(F)(F)F)c1N. The van der Waals surface area contributed by atoms with Gasteiger partial charge in [0.15, 0.2) is 0 Å². The lowest BCUT2D eigenvalue weighted by molar-refractivity contribution is -0.185. The first kappa shape index (κ1) is 21.4. The minimum atomic E-state index is -4.95. The smallest absolute Gasteiger partial charge is 0.471 e. The minimum Gasteiger partial charge on any atom is -0.490 e. The second-order valence-electron chi connectivity index (χ2n) is 6.86. The molecule has 1 amide bonds. The lowest BCUT2D eigenvalue weighted by Crippen LogP contribution is -2.43. The zero-order chi connectivity index (χ0) is 21.7. The highest BCUT2D eigenvalue weighted by molar-refractivity contribution is 5.83. The molecule has 160 valence electrons. The van der Waals surface area contributed by atoms with Crippen LogP contribution in [0.4, 0.5) is 24.5 Å². The number of aromatic nitrogens is 1. The summed E-state index contributed by atoms with van der Waals surface area (Å²) in [4.78, 5) is 15.7. The van der Waals surface area contributed by atoms with Gasteiger partial charge in [0.05, 0.1) is 17.9 Å². The van der Waals surface area contributed by atoms with Crippen LogP contribution in [0, 0.1) is 0 Å². The van der Waals surface area contributed by atoms with Gasteiger partial charge >= 0.3 is 12.1 Å². The number of fused-ring (bicyclic) bond motifs is 1. The second-order valence-corrected chi connectivity index (χ2v) is 6.86. The van der Waals surface area contributed by atoms with Crippen molar-refractivity contribution in [3.05, 3.63) is 54.2 Å². The van der Waals surface area contributed by atoms with Gasteiger partial charge in [0, 0.05) is 23.6 Å². The summed E-state index contributed by atoms with van der Waals surface area (Å²) < 4.78 is 44.5. The van der Waals surface area contributed by atoms with Crippen LogP contribution in [-0.2, 0) is 11.2 Å². The van der Waals surface area contributed by atoms with E-state index in [1.54, 1.807) is 18.2 Å². The highest BCUT2D eigenvalue weighted by Gasteiger charge is 2.42. The van der Waals surface area contributed by atoms with Crippen LogP contribution in [-0.4, -0.2) is 41.7 Å². The van der Waals surface area contributed by atoms with Crippen molar-refractivity contribution >= 4 is 28.2 Å². The van der Waals surface area contributed by atoms with Crippen LogP contribution in [0.1, 0.15) is 12.0 Å². The summed E-state index contributed by atoms with van der Waals surface area (Å²) in [6.45, 7) is -0.406. The summed E-state index contributed by atoms with van der Waals surface area (Å²) in [7, 11) is 0. The average Bonchev–Trinajstić information content (AvgIpc) is 3.12. The third-order valence-corrected chi connectivity index (χ3v) is 4.80. The number of ether oxygens (including phenoxy) is 1. The number of halogens is 3. The van der Waals surface area contributed by atoms with E-state index in [9.17, 15) is 18.0 Å². The molecule has 0 spiro atoms. The fourth-order valence-electron chi connectivity index (χ4n) is 3.25. The zero-order valence-corrected chi connectivity index (χ0v) is 16.2. The number of benzene rings is 2. The second kappa shape index (κ2) is 8.98. The Labute approximate surface area is 171 Å². The molecule has 0 unspecified atom stereocenters. The lowest BCUT2D eigenvalue weighted by atomic mass is 10.1. The first-order valence-corrected chi connectivity index (χ1v) is 9.45. The van der Waals surface area contributed by atoms with Crippen LogP contribution in [0.5, 0.6) is 5.75 Å². The molecule has 0 aliphatic heterocycles. The summed E-state index contributed by atoms with van der Waals surface area (Å²) in [6, 6.07) is 12.5. The van der Waals surface area contributed by atoms with Crippen LogP contribution >= 0.6 is 0 Å². The number of nitrogens with one attached hydrogen (secondary N) is 1. The van der Waals surface area contributed by atoms with Gasteiger partial charge < -0.3 is 26.1 Å². The fourth-order valence-corrected chi connectivity index (χ4v) is 3.25. The number of alkyl halides is 3. The van der Waals surface area contributed by atoms with E-state index in [1.807, 2.05) is 30.5 Å². The molecule has 0 bridgehead atoms. The Morgan fingerprint density at radius 1 is 1.07 bits per heavy atom. The third-order valence-electron chi connectivity index (χ3n) is 4.80. The number of carbonyl (C=O) groups excluding carboxylic acids is 1. The molecule has 0 aliphatic rings. The normalized spacial score (nSPS) is 11.6. The molecule has 0 saturated carbocycles.